The maximum atomic E-state index is 8.95. The van der Waals surface area contributed by atoms with E-state index >= 15 is 0 Å². The number of rotatable bonds is 3. The Labute approximate surface area is 271 Å². The molecule has 10 aromatic rings. The molecule has 0 unspecified atom stereocenters. The summed E-state index contributed by atoms with van der Waals surface area (Å²) in [7, 11) is 0. The molecule has 210 valence electrons. The largest absolute Gasteiger partial charge is 0.455 e. The summed E-state index contributed by atoms with van der Waals surface area (Å²) in [6.45, 7) is 0. The fourth-order valence-corrected chi connectivity index (χ4v) is 6.88. The van der Waals surface area contributed by atoms with Crippen LogP contribution >= 0.6 is 0 Å². The quantitative estimate of drug-likeness (QED) is 0.203. The second kappa shape index (κ2) is 9.22. The molecule has 45 heavy (non-hydrogen) atoms. The van der Waals surface area contributed by atoms with Crippen molar-refractivity contribution in [2.24, 2.45) is 0 Å². The van der Waals surface area contributed by atoms with Gasteiger partial charge in [-0.15, -0.1) is 0 Å². The fourth-order valence-electron chi connectivity index (χ4n) is 6.88. The molecule has 0 aliphatic carbocycles. The number of aromatic nitrogens is 2. The van der Waals surface area contributed by atoms with Crippen molar-refractivity contribution in [3.05, 3.63) is 158 Å². The third-order valence-corrected chi connectivity index (χ3v) is 8.73. The van der Waals surface area contributed by atoms with Gasteiger partial charge in [0, 0.05) is 38.2 Å². The SMILES string of the molecule is [2H]c1c([2H])c([2H])c(-c2ccc(-n3c4ccccc4c4cc(-n5c6ccccc6c6c([2H])c([2H])c([2H])c([2H])c65)ccc43)c3c2oc2ccccc23)c([2H])c1[2H]. The molecule has 3 heterocycles. The number of benzene rings is 7. The van der Waals surface area contributed by atoms with Gasteiger partial charge in [0.15, 0.2) is 0 Å². The first-order chi connectivity index (χ1) is 26.1. The Balaban J connectivity index is 1.30. The topological polar surface area (TPSA) is 23.0 Å². The van der Waals surface area contributed by atoms with Gasteiger partial charge >= 0.3 is 0 Å². The van der Waals surface area contributed by atoms with Crippen LogP contribution in [0.25, 0.3) is 88.1 Å². The lowest BCUT2D eigenvalue weighted by atomic mass is 10.0. The van der Waals surface area contributed by atoms with E-state index in [9.17, 15) is 0 Å². The van der Waals surface area contributed by atoms with Crippen LogP contribution in [0, 0.1) is 0 Å². The Kier molecular flexibility index (Phi) is 3.54. The van der Waals surface area contributed by atoms with Crippen molar-refractivity contribution >= 4 is 65.6 Å². The van der Waals surface area contributed by atoms with Gasteiger partial charge in [-0.3, -0.25) is 0 Å². The summed E-state index contributed by atoms with van der Waals surface area (Å²) in [4.78, 5) is 0. The van der Waals surface area contributed by atoms with Gasteiger partial charge in [-0.25, -0.2) is 0 Å². The van der Waals surface area contributed by atoms with Crippen molar-refractivity contribution in [1.29, 1.82) is 0 Å². The Morgan fingerprint density at radius 3 is 2.00 bits per heavy atom. The molecule has 10 rings (SSSR count). The van der Waals surface area contributed by atoms with Crippen LogP contribution in [0.1, 0.15) is 12.3 Å². The molecule has 0 aliphatic heterocycles. The number of para-hydroxylation sites is 4. The Hall–Kier alpha value is -6.06. The van der Waals surface area contributed by atoms with E-state index in [0.29, 0.717) is 27.6 Å². The highest BCUT2D eigenvalue weighted by Gasteiger charge is 2.21. The predicted octanol–water partition coefficient (Wildman–Crippen LogP) is 11.4. The fraction of sp³-hybridized carbons (Fsp3) is 0. The lowest BCUT2D eigenvalue weighted by Crippen LogP contribution is -1.97. The number of nitrogens with zero attached hydrogens (tertiary/aromatic N) is 2. The Morgan fingerprint density at radius 2 is 1.16 bits per heavy atom. The molecule has 0 N–H and O–H groups in total. The zero-order valence-electron chi connectivity index (χ0n) is 32.6. The molecular weight excluding hydrogens is 548 g/mol. The zero-order chi connectivity index (χ0) is 37.3. The van der Waals surface area contributed by atoms with E-state index in [1.807, 2.05) is 102 Å². The minimum Gasteiger partial charge on any atom is -0.455 e. The molecule has 0 aliphatic rings. The number of fused-ring (bicyclic) bond motifs is 9. The van der Waals surface area contributed by atoms with E-state index in [1.54, 1.807) is 6.07 Å². The lowest BCUT2D eigenvalue weighted by molar-refractivity contribution is 0.670. The van der Waals surface area contributed by atoms with Gasteiger partial charge in [-0.2, -0.15) is 0 Å². The molecule has 0 spiro atoms. The molecule has 0 saturated carbocycles. The van der Waals surface area contributed by atoms with Gasteiger partial charge in [-0.05, 0) is 60.1 Å². The monoisotopic (exact) mass is 583 g/mol. The van der Waals surface area contributed by atoms with Crippen LogP contribution in [-0.4, -0.2) is 9.13 Å². The van der Waals surface area contributed by atoms with Crippen LogP contribution in [0.5, 0.6) is 0 Å². The molecule has 0 saturated heterocycles. The van der Waals surface area contributed by atoms with Crippen molar-refractivity contribution in [2.45, 2.75) is 0 Å². The van der Waals surface area contributed by atoms with E-state index in [4.69, 9.17) is 16.8 Å². The minimum atomic E-state index is -0.461. The molecule has 7 aromatic carbocycles. The number of hydrogen-bond donors (Lipinski definition) is 0. The smallest absolute Gasteiger partial charge is 0.145 e. The first-order valence-corrected chi connectivity index (χ1v) is 14.6. The van der Waals surface area contributed by atoms with E-state index < -0.39 is 18.1 Å². The highest BCUT2D eigenvalue weighted by molar-refractivity contribution is 6.17. The molecule has 3 aromatic heterocycles. The second-order valence-corrected chi connectivity index (χ2v) is 11.1. The maximum absolute atomic E-state index is 8.95. The summed E-state index contributed by atoms with van der Waals surface area (Å²) in [6.07, 6.45) is 0. The minimum absolute atomic E-state index is 0.0626. The predicted molar refractivity (Wildman–Crippen MR) is 188 cm³/mol. The van der Waals surface area contributed by atoms with Crippen LogP contribution < -0.4 is 0 Å². The first kappa shape index (κ1) is 17.3. The molecule has 0 radical (unpaired) electrons. The van der Waals surface area contributed by atoms with Gasteiger partial charge in [-0.1, -0.05) is 103 Å². The van der Waals surface area contributed by atoms with Crippen molar-refractivity contribution in [2.75, 3.05) is 0 Å². The third kappa shape index (κ3) is 3.41. The van der Waals surface area contributed by atoms with Crippen LogP contribution in [0.2, 0.25) is 0 Å². The van der Waals surface area contributed by atoms with E-state index in [2.05, 4.69) is 4.57 Å². The van der Waals surface area contributed by atoms with Crippen LogP contribution in [0.3, 0.4) is 0 Å². The van der Waals surface area contributed by atoms with E-state index in [-0.39, 0.29) is 41.8 Å². The summed E-state index contributed by atoms with van der Waals surface area (Å²) in [6, 6.07) is 30.2. The molecule has 0 bridgehead atoms. The highest BCUT2D eigenvalue weighted by Crippen LogP contribution is 2.43. The van der Waals surface area contributed by atoms with Gasteiger partial charge < -0.3 is 13.6 Å². The third-order valence-electron chi connectivity index (χ3n) is 8.73. The molecule has 3 nitrogen and oxygen atoms in total. The Bertz CT molecular complexity index is 3260. The van der Waals surface area contributed by atoms with E-state index in [1.165, 1.54) is 0 Å². The van der Waals surface area contributed by atoms with Gasteiger partial charge in [0.25, 0.3) is 0 Å². The summed E-state index contributed by atoms with van der Waals surface area (Å²) in [5.74, 6) is 0. The molecular formula is C42H26N2O. The summed E-state index contributed by atoms with van der Waals surface area (Å²) in [5, 5.41) is 4.58. The van der Waals surface area contributed by atoms with Crippen molar-refractivity contribution < 1.29 is 16.8 Å². The van der Waals surface area contributed by atoms with Gasteiger partial charge in [0.2, 0.25) is 0 Å². The number of hydrogen-bond acceptors (Lipinski definition) is 1. The van der Waals surface area contributed by atoms with Gasteiger partial charge in [0.05, 0.1) is 45.5 Å². The van der Waals surface area contributed by atoms with Crippen molar-refractivity contribution in [3.8, 4) is 22.5 Å². The standard InChI is InChI=1S/C42H26N2O/c1-2-12-27(13-3-1)29-23-25-39(41-33-17-7-11-21-40(33)45-42(29)41)44-37-20-10-6-16-32(37)34-26-28(22-24-38(34)44)43-35-18-8-4-14-30(35)31-15-5-9-19-36(31)43/h1-26H/i1D,2D,3D,4D,8D,12D,13D,14D,18D. The normalized spacial score (nSPS) is 14.8. The average Bonchev–Trinajstić information content (AvgIpc) is 3.86. The first-order valence-electron chi connectivity index (χ1n) is 19.1. The molecule has 0 amide bonds. The summed E-state index contributed by atoms with van der Waals surface area (Å²) < 4.78 is 87.5. The second-order valence-electron chi connectivity index (χ2n) is 11.1. The molecule has 3 heteroatoms. The maximum Gasteiger partial charge on any atom is 0.145 e. The summed E-state index contributed by atoms with van der Waals surface area (Å²) in [5.41, 5.74) is 5.88. The zero-order valence-corrected chi connectivity index (χ0v) is 23.6. The average molecular weight is 584 g/mol. The van der Waals surface area contributed by atoms with Crippen LogP contribution in [0.15, 0.2) is 162 Å². The number of furan rings is 1. The van der Waals surface area contributed by atoms with Crippen molar-refractivity contribution in [1.82, 2.24) is 9.13 Å². The Morgan fingerprint density at radius 1 is 0.489 bits per heavy atom. The van der Waals surface area contributed by atoms with E-state index in [0.717, 1.165) is 54.9 Å². The van der Waals surface area contributed by atoms with Gasteiger partial charge in [0.1, 0.15) is 11.2 Å². The molecule has 0 fully saturated rings. The molecule has 0 atom stereocenters. The lowest BCUT2D eigenvalue weighted by Gasteiger charge is -2.13. The van der Waals surface area contributed by atoms with Crippen LogP contribution in [-0.2, 0) is 0 Å². The summed E-state index contributed by atoms with van der Waals surface area (Å²) >= 11 is 0. The highest BCUT2D eigenvalue weighted by atomic mass is 16.3. The van der Waals surface area contributed by atoms with Crippen molar-refractivity contribution in [3.63, 3.8) is 0 Å². The van der Waals surface area contributed by atoms with Crippen LogP contribution in [0.4, 0.5) is 0 Å².